The van der Waals surface area contributed by atoms with Crippen molar-refractivity contribution in [2.24, 2.45) is 0 Å². The van der Waals surface area contributed by atoms with E-state index in [1.54, 1.807) is 0 Å². The highest BCUT2D eigenvalue weighted by Crippen LogP contribution is 2.16. The van der Waals surface area contributed by atoms with Gasteiger partial charge in [0.05, 0.1) is 0 Å². The van der Waals surface area contributed by atoms with Gasteiger partial charge in [-0.1, -0.05) is 31.7 Å². The molecule has 0 N–H and O–H groups in total. The second-order valence-electron chi connectivity index (χ2n) is 3.55. The maximum Gasteiger partial charge on any atom is 0.0444 e. The van der Waals surface area contributed by atoms with Crippen molar-refractivity contribution in [3.8, 4) is 0 Å². The Kier molecular flexibility index (Phi) is 5.51. The molecule has 0 bridgehead atoms. The van der Waals surface area contributed by atoms with E-state index in [9.17, 15) is 0 Å². The molecule has 0 aromatic heterocycles. The first-order valence-electron chi connectivity index (χ1n) is 4.40. The summed E-state index contributed by atoms with van der Waals surface area (Å²) in [5, 5.41) is 0. The Bertz CT molecular complexity index is 120. The summed E-state index contributed by atoms with van der Waals surface area (Å²) in [4.78, 5) is 0. The molecule has 0 nitrogen and oxygen atoms in total. The van der Waals surface area contributed by atoms with E-state index in [-0.39, 0.29) is 9.04 Å². The maximum atomic E-state index is 3.83. The van der Waals surface area contributed by atoms with Crippen LogP contribution in [0.2, 0.25) is 24.7 Å². The largest absolute Gasteiger partial charge is 0.103 e. The fourth-order valence-electron chi connectivity index (χ4n) is 1.59. The first-order valence-corrected chi connectivity index (χ1v) is 10.6. The van der Waals surface area contributed by atoms with Crippen LogP contribution < -0.4 is 0 Å². The van der Waals surface area contributed by atoms with Crippen molar-refractivity contribution in [2.75, 3.05) is 0 Å². The summed E-state index contributed by atoms with van der Waals surface area (Å²) < 4.78 is 0. The van der Waals surface area contributed by atoms with Gasteiger partial charge >= 0.3 is 0 Å². The monoisotopic (exact) mass is 184 g/mol. The summed E-state index contributed by atoms with van der Waals surface area (Å²) in [6.07, 6.45) is 4.22. The molecule has 0 aliphatic heterocycles. The Labute approximate surface area is 74.0 Å². The average molecular weight is 184 g/mol. The molecule has 0 atom stereocenters. The van der Waals surface area contributed by atoms with E-state index in [1.807, 2.05) is 0 Å². The highest BCUT2D eigenvalue weighted by atomic mass is 29.2. The third-order valence-corrected chi connectivity index (χ3v) is 13.2. The molecular formula is C9H20Si2. The SMILES string of the molecule is C=CC[Si](C)(CC=C)[SiH2]CC. The lowest BCUT2D eigenvalue weighted by Crippen LogP contribution is -2.36. The quantitative estimate of drug-likeness (QED) is 0.440. The predicted molar refractivity (Wildman–Crippen MR) is 60.7 cm³/mol. The number of allylic oxidation sites excluding steroid dienone is 2. The Balaban J connectivity index is 3.98. The summed E-state index contributed by atoms with van der Waals surface area (Å²) in [7, 11) is -0.633. The smallest absolute Gasteiger partial charge is 0.0444 e. The maximum absolute atomic E-state index is 3.83. The van der Waals surface area contributed by atoms with Gasteiger partial charge in [-0.15, -0.1) is 13.2 Å². The summed E-state index contributed by atoms with van der Waals surface area (Å²) in [5.74, 6) is 0. The van der Waals surface area contributed by atoms with Crippen LogP contribution in [0, 0.1) is 0 Å². The van der Waals surface area contributed by atoms with Crippen molar-refractivity contribution in [1.29, 1.82) is 0 Å². The fraction of sp³-hybridized carbons (Fsp3) is 0.556. The van der Waals surface area contributed by atoms with Crippen LogP contribution in [-0.2, 0) is 0 Å². The van der Waals surface area contributed by atoms with Gasteiger partial charge in [-0.25, -0.2) is 0 Å². The van der Waals surface area contributed by atoms with E-state index in [4.69, 9.17) is 0 Å². The second-order valence-corrected chi connectivity index (χ2v) is 16.1. The van der Waals surface area contributed by atoms with Gasteiger partial charge in [0.15, 0.2) is 0 Å². The van der Waals surface area contributed by atoms with Crippen LogP contribution in [0.25, 0.3) is 0 Å². The molecule has 0 rings (SSSR count). The van der Waals surface area contributed by atoms with Crippen LogP contribution in [0.15, 0.2) is 25.3 Å². The molecule has 0 heterocycles. The van der Waals surface area contributed by atoms with Gasteiger partial charge in [0, 0.05) is 16.6 Å². The highest BCUT2D eigenvalue weighted by molar-refractivity contribution is 7.24. The van der Waals surface area contributed by atoms with E-state index >= 15 is 0 Å². The summed E-state index contributed by atoms with van der Waals surface area (Å²) in [6.45, 7) is 12.5. The van der Waals surface area contributed by atoms with E-state index < -0.39 is 7.59 Å². The predicted octanol–water partition coefficient (Wildman–Crippen LogP) is 2.54. The van der Waals surface area contributed by atoms with Gasteiger partial charge in [-0.05, 0) is 12.1 Å². The topological polar surface area (TPSA) is 0 Å². The lowest BCUT2D eigenvalue weighted by molar-refractivity contribution is 1.43. The van der Waals surface area contributed by atoms with E-state index in [0.29, 0.717) is 0 Å². The van der Waals surface area contributed by atoms with E-state index in [0.717, 1.165) is 0 Å². The van der Waals surface area contributed by atoms with Gasteiger partial charge in [-0.3, -0.25) is 0 Å². The average Bonchev–Trinajstić information content (AvgIpc) is 1.88. The lowest BCUT2D eigenvalue weighted by atomic mass is 10.7. The van der Waals surface area contributed by atoms with Crippen LogP contribution in [0.4, 0.5) is 0 Å². The van der Waals surface area contributed by atoms with E-state index in [2.05, 4.69) is 38.8 Å². The summed E-state index contributed by atoms with van der Waals surface area (Å²) in [5.41, 5.74) is 0. The Morgan fingerprint density at radius 1 is 1.27 bits per heavy atom. The van der Waals surface area contributed by atoms with Gasteiger partial charge < -0.3 is 0 Å². The van der Waals surface area contributed by atoms with Crippen LogP contribution in [0.3, 0.4) is 0 Å². The molecule has 0 unspecified atom stereocenters. The fourth-order valence-corrected chi connectivity index (χ4v) is 10.8. The Morgan fingerprint density at radius 2 is 1.73 bits per heavy atom. The van der Waals surface area contributed by atoms with Gasteiger partial charge in [0.25, 0.3) is 0 Å². The van der Waals surface area contributed by atoms with Crippen LogP contribution in [-0.4, -0.2) is 16.6 Å². The molecule has 0 spiro atoms. The van der Waals surface area contributed by atoms with Crippen molar-refractivity contribution < 1.29 is 0 Å². The van der Waals surface area contributed by atoms with Crippen LogP contribution in [0.1, 0.15) is 6.92 Å². The Hall–Kier alpha value is -0.0862. The minimum atomic E-state index is -0.847. The molecule has 0 aliphatic carbocycles. The molecule has 2 heteroatoms. The third kappa shape index (κ3) is 4.37. The minimum Gasteiger partial charge on any atom is -0.103 e. The molecule has 0 radical (unpaired) electrons. The number of hydrogen-bond acceptors (Lipinski definition) is 0. The molecule has 11 heavy (non-hydrogen) atoms. The molecule has 0 saturated heterocycles. The normalized spacial score (nSPS) is 12.2. The second kappa shape index (κ2) is 5.55. The van der Waals surface area contributed by atoms with E-state index in [1.165, 1.54) is 18.1 Å². The standard InChI is InChI=1S/C9H20Si2/c1-5-8-11(4,9-6-2)10-7-3/h5-6H,1-2,7-10H2,3-4H3. The first-order chi connectivity index (χ1) is 5.18. The van der Waals surface area contributed by atoms with Gasteiger partial charge in [0.1, 0.15) is 0 Å². The summed E-state index contributed by atoms with van der Waals surface area (Å²) >= 11 is 0. The summed E-state index contributed by atoms with van der Waals surface area (Å²) in [6, 6.07) is 4.06. The van der Waals surface area contributed by atoms with Crippen LogP contribution in [0.5, 0.6) is 0 Å². The van der Waals surface area contributed by atoms with Crippen molar-refractivity contribution in [3.63, 3.8) is 0 Å². The zero-order valence-corrected chi connectivity index (χ0v) is 10.3. The molecule has 64 valence electrons. The van der Waals surface area contributed by atoms with Crippen molar-refractivity contribution in [3.05, 3.63) is 25.3 Å². The van der Waals surface area contributed by atoms with Gasteiger partial charge in [-0.2, -0.15) is 0 Å². The molecule has 0 saturated carbocycles. The zero-order valence-electron chi connectivity index (χ0n) is 7.90. The molecule has 0 fully saturated rings. The number of rotatable bonds is 6. The molecule has 0 amide bonds. The Morgan fingerprint density at radius 3 is 2.00 bits per heavy atom. The minimum absolute atomic E-state index is 0.214. The highest BCUT2D eigenvalue weighted by Gasteiger charge is 2.22. The first kappa shape index (κ1) is 10.9. The lowest BCUT2D eigenvalue weighted by Gasteiger charge is -2.23. The molecule has 0 aromatic rings. The zero-order chi connectivity index (χ0) is 8.74. The third-order valence-electron chi connectivity index (χ3n) is 2.13. The van der Waals surface area contributed by atoms with Crippen molar-refractivity contribution >= 4 is 16.6 Å². The van der Waals surface area contributed by atoms with Crippen molar-refractivity contribution in [2.45, 2.75) is 31.6 Å². The van der Waals surface area contributed by atoms with Crippen molar-refractivity contribution in [1.82, 2.24) is 0 Å². The van der Waals surface area contributed by atoms with Gasteiger partial charge in [0.2, 0.25) is 0 Å². The van der Waals surface area contributed by atoms with Crippen LogP contribution >= 0.6 is 0 Å². The molecule has 0 aliphatic rings. The molecule has 0 aromatic carbocycles. The molecular weight excluding hydrogens is 164 g/mol. The number of hydrogen-bond donors (Lipinski definition) is 0.